The molecule has 0 saturated carbocycles. The van der Waals surface area contributed by atoms with Gasteiger partial charge in [-0.3, -0.25) is 19.0 Å². The Morgan fingerprint density at radius 1 is 1.48 bits per heavy atom. The third kappa shape index (κ3) is 4.02. The predicted octanol–water partition coefficient (Wildman–Crippen LogP) is 0.697. The van der Waals surface area contributed by atoms with Crippen molar-refractivity contribution in [3.8, 4) is 0 Å². The Kier molecular flexibility index (Phi) is 4.53. The number of anilines is 1. The second kappa shape index (κ2) is 6.35. The number of amides is 1. The van der Waals surface area contributed by atoms with Gasteiger partial charge in [0.25, 0.3) is 5.91 Å². The fourth-order valence-electron chi connectivity index (χ4n) is 1.52. The summed E-state index contributed by atoms with van der Waals surface area (Å²) in [7, 11) is 0. The Morgan fingerprint density at radius 2 is 2.24 bits per heavy atom. The van der Waals surface area contributed by atoms with Crippen LogP contribution in [0, 0.1) is 13.8 Å². The van der Waals surface area contributed by atoms with E-state index in [0.29, 0.717) is 11.5 Å². The largest absolute Gasteiger partial charge is 0.454 e. The Hall–Kier alpha value is -2.42. The minimum absolute atomic E-state index is 0.218. The average molecular weight is 311 g/mol. The first-order valence-electron chi connectivity index (χ1n) is 5.99. The summed E-state index contributed by atoms with van der Waals surface area (Å²) >= 11 is 1.00. The topological polar surface area (TPSA) is 103 Å². The van der Waals surface area contributed by atoms with Gasteiger partial charge < -0.3 is 14.6 Å². The van der Waals surface area contributed by atoms with Crippen molar-refractivity contribution in [1.29, 1.82) is 0 Å². The first kappa shape index (κ1) is 15.0. The first-order valence-corrected chi connectivity index (χ1v) is 6.87. The van der Waals surface area contributed by atoms with Gasteiger partial charge in [-0.25, -0.2) is 0 Å². The highest BCUT2D eigenvalue weighted by Crippen LogP contribution is 2.06. The van der Waals surface area contributed by atoms with Crippen LogP contribution in [0.2, 0.25) is 0 Å². The highest BCUT2D eigenvalue weighted by atomic mass is 32.1. The monoisotopic (exact) mass is 311 g/mol. The molecule has 2 aromatic heterocycles. The molecule has 0 aromatic carbocycles. The number of esters is 1. The van der Waals surface area contributed by atoms with E-state index in [1.807, 2.05) is 0 Å². The van der Waals surface area contributed by atoms with E-state index < -0.39 is 18.5 Å². The molecule has 0 aliphatic rings. The summed E-state index contributed by atoms with van der Waals surface area (Å²) in [6.45, 7) is 2.72. The van der Waals surface area contributed by atoms with Crippen LogP contribution in [0.1, 0.15) is 11.5 Å². The Bertz CT molecular complexity index is 715. The minimum Gasteiger partial charge on any atom is -0.454 e. The molecule has 0 fully saturated rings. The highest BCUT2D eigenvalue weighted by Gasteiger charge is 2.12. The SMILES string of the molecule is Cc1cc(NC(=O)COC(=O)Cn2c(C)csc2=O)no1. The molecule has 0 radical (unpaired) electrons. The lowest BCUT2D eigenvalue weighted by Gasteiger charge is -2.05. The zero-order valence-electron chi connectivity index (χ0n) is 11.4. The van der Waals surface area contributed by atoms with E-state index in [1.165, 1.54) is 10.6 Å². The molecule has 112 valence electrons. The van der Waals surface area contributed by atoms with Gasteiger partial charge in [0.05, 0.1) is 0 Å². The Balaban J connectivity index is 1.81. The van der Waals surface area contributed by atoms with Gasteiger partial charge in [0.1, 0.15) is 12.3 Å². The molecule has 9 heteroatoms. The number of carbonyl (C=O) groups is 2. The van der Waals surface area contributed by atoms with E-state index in [2.05, 4.69) is 10.5 Å². The summed E-state index contributed by atoms with van der Waals surface area (Å²) in [6, 6.07) is 1.54. The maximum Gasteiger partial charge on any atom is 0.326 e. The number of aryl methyl sites for hydroxylation is 2. The molecule has 0 spiro atoms. The number of nitrogens with zero attached hydrogens (tertiary/aromatic N) is 2. The van der Waals surface area contributed by atoms with Crippen LogP contribution in [-0.4, -0.2) is 28.2 Å². The first-order chi connectivity index (χ1) is 9.95. The van der Waals surface area contributed by atoms with Gasteiger partial charge >= 0.3 is 10.8 Å². The summed E-state index contributed by atoms with van der Waals surface area (Å²) in [5.74, 6) is -0.399. The molecular weight excluding hydrogens is 298 g/mol. The minimum atomic E-state index is -0.662. The normalized spacial score (nSPS) is 10.4. The molecule has 0 aliphatic heterocycles. The molecule has 1 amide bonds. The molecule has 2 aromatic rings. The molecule has 0 aliphatic carbocycles. The molecule has 0 atom stereocenters. The van der Waals surface area contributed by atoms with Gasteiger partial charge in [-0.05, 0) is 13.8 Å². The van der Waals surface area contributed by atoms with Crippen LogP contribution in [0.25, 0.3) is 0 Å². The third-order valence-corrected chi connectivity index (χ3v) is 3.40. The van der Waals surface area contributed by atoms with Crippen molar-refractivity contribution >= 4 is 29.0 Å². The van der Waals surface area contributed by atoms with Crippen LogP contribution in [0.5, 0.6) is 0 Å². The Morgan fingerprint density at radius 3 is 2.81 bits per heavy atom. The number of rotatable bonds is 5. The lowest BCUT2D eigenvalue weighted by molar-refractivity contribution is -0.147. The maximum atomic E-state index is 11.6. The standard InChI is InChI=1S/C12H13N3O5S/c1-7-6-21-12(18)15(7)4-11(17)19-5-10(16)13-9-3-8(2)20-14-9/h3,6H,4-5H2,1-2H3,(H,13,14,16). The molecule has 0 bridgehead atoms. The number of ether oxygens (including phenoxy) is 1. The molecule has 2 rings (SSSR count). The van der Waals surface area contributed by atoms with Gasteiger partial charge in [-0.2, -0.15) is 0 Å². The summed E-state index contributed by atoms with van der Waals surface area (Å²) < 4.78 is 10.9. The van der Waals surface area contributed by atoms with Crippen molar-refractivity contribution in [3.05, 3.63) is 32.6 Å². The van der Waals surface area contributed by atoms with Gasteiger partial charge in [0, 0.05) is 17.1 Å². The van der Waals surface area contributed by atoms with Crippen LogP contribution in [-0.2, 0) is 20.9 Å². The molecule has 0 saturated heterocycles. The average Bonchev–Trinajstić information content (AvgIpc) is 2.97. The fraction of sp³-hybridized carbons (Fsp3) is 0.333. The van der Waals surface area contributed by atoms with Crippen molar-refractivity contribution in [1.82, 2.24) is 9.72 Å². The molecule has 8 nitrogen and oxygen atoms in total. The predicted molar refractivity (Wildman–Crippen MR) is 74.1 cm³/mol. The highest BCUT2D eigenvalue weighted by molar-refractivity contribution is 7.07. The second-order valence-electron chi connectivity index (χ2n) is 4.26. The van der Waals surface area contributed by atoms with Crippen LogP contribution < -0.4 is 10.2 Å². The zero-order chi connectivity index (χ0) is 15.4. The van der Waals surface area contributed by atoms with E-state index >= 15 is 0 Å². The van der Waals surface area contributed by atoms with E-state index in [0.717, 1.165) is 11.3 Å². The van der Waals surface area contributed by atoms with Crippen molar-refractivity contribution in [2.75, 3.05) is 11.9 Å². The van der Waals surface area contributed by atoms with Crippen molar-refractivity contribution < 1.29 is 18.8 Å². The van der Waals surface area contributed by atoms with Gasteiger partial charge in [-0.1, -0.05) is 16.5 Å². The number of nitrogens with one attached hydrogen (secondary N) is 1. The number of aromatic nitrogens is 2. The number of hydrogen-bond donors (Lipinski definition) is 1. The third-order valence-electron chi connectivity index (χ3n) is 2.52. The van der Waals surface area contributed by atoms with Crippen LogP contribution >= 0.6 is 11.3 Å². The van der Waals surface area contributed by atoms with Crippen molar-refractivity contribution in [3.63, 3.8) is 0 Å². The van der Waals surface area contributed by atoms with Gasteiger partial charge in [0.2, 0.25) is 0 Å². The number of thiazole rings is 1. The lowest BCUT2D eigenvalue weighted by atomic mass is 10.5. The molecule has 21 heavy (non-hydrogen) atoms. The van der Waals surface area contributed by atoms with Crippen LogP contribution in [0.3, 0.4) is 0 Å². The summed E-state index contributed by atoms with van der Waals surface area (Å²) in [4.78, 5) is 34.3. The molecule has 2 heterocycles. The van der Waals surface area contributed by atoms with E-state index in [4.69, 9.17) is 9.26 Å². The lowest BCUT2D eigenvalue weighted by Crippen LogP contribution is -2.26. The maximum absolute atomic E-state index is 11.6. The quantitative estimate of drug-likeness (QED) is 0.815. The summed E-state index contributed by atoms with van der Waals surface area (Å²) in [5.41, 5.74) is 0.671. The Labute approximate surface area is 123 Å². The van der Waals surface area contributed by atoms with E-state index in [-0.39, 0.29) is 17.2 Å². The van der Waals surface area contributed by atoms with Gasteiger partial charge in [-0.15, -0.1) is 0 Å². The van der Waals surface area contributed by atoms with Crippen LogP contribution in [0.15, 0.2) is 20.8 Å². The van der Waals surface area contributed by atoms with Gasteiger partial charge in [0.15, 0.2) is 12.4 Å². The van der Waals surface area contributed by atoms with E-state index in [9.17, 15) is 14.4 Å². The zero-order valence-corrected chi connectivity index (χ0v) is 12.2. The van der Waals surface area contributed by atoms with Crippen LogP contribution in [0.4, 0.5) is 5.82 Å². The second-order valence-corrected chi connectivity index (χ2v) is 5.08. The fourth-order valence-corrected chi connectivity index (χ4v) is 2.26. The van der Waals surface area contributed by atoms with E-state index in [1.54, 1.807) is 19.2 Å². The molecule has 1 N–H and O–H groups in total. The smallest absolute Gasteiger partial charge is 0.326 e. The van der Waals surface area contributed by atoms with Crippen molar-refractivity contribution in [2.24, 2.45) is 0 Å². The summed E-state index contributed by atoms with van der Waals surface area (Å²) in [6.07, 6.45) is 0. The number of carbonyl (C=O) groups excluding carboxylic acids is 2. The van der Waals surface area contributed by atoms with Crippen molar-refractivity contribution in [2.45, 2.75) is 20.4 Å². The molecule has 0 unspecified atom stereocenters. The summed E-state index contributed by atoms with van der Waals surface area (Å²) in [5, 5.41) is 7.64. The molecular formula is C12H13N3O5S. The number of hydrogen-bond acceptors (Lipinski definition) is 7.